The Kier molecular flexibility index (Phi) is 7.97. The van der Waals surface area contributed by atoms with Gasteiger partial charge in [-0.1, -0.05) is 54.4 Å². The van der Waals surface area contributed by atoms with E-state index in [2.05, 4.69) is 42.8 Å². The van der Waals surface area contributed by atoms with Crippen molar-refractivity contribution >= 4 is 21.8 Å². The van der Waals surface area contributed by atoms with Crippen LogP contribution in [-0.4, -0.2) is 23.9 Å². The Morgan fingerprint density at radius 3 is 2.48 bits per heavy atom. The molecule has 21 heavy (non-hydrogen) atoms. The van der Waals surface area contributed by atoms with Crippen LogP contribution in [-0.2, 0) is 4.79 Å². The van der Waals surface area contributed by atoms with Crippen LogP contribution in [0.1, 0.15) is 51.6 Å². The summed E-state index contributed by atoms with van der Waals surface area (Å²) in [6, 6.07) is 8.15. The molecule has 0 saturated heterocycles. The molecule has 0 aliphatic carbocycles. The van der Waals surface area contributed by atoms with Gasteiger partial charge in [0.05, 0.1) is 12.0 Å². The fourth-order valence-corrected chi connectivity index (χ4v) is 3.26. The number of nitrogens with two attached hydrogens (primary N) is 1. The van der Waals surface area contributed by atoms with Crippen LogP contribution in [0, 0.1) is 5.92 Å². The minimum absolute atomic E-state index is 0.0546. The van der Waals surface area contributed by atoms with Crippen LogP contribution in [0.4, 0.5) is 0 Å². The van der Waals surface area contributed by atoms with E-state index in [4.69, 9.17) is 5.73 Å². The van der Waals surface area contributed by atoms with Crippen molar-refractivity contribution in [2.24, 2.45) is 11.7 Å². The van der Waals surface area contributed by atoms with Crippen LogP contribution >= 0.6 is 15.9 Å². The Morgan fingerprint density at radius 2 is 1.95 bits per heavy atom. The zero-order chi connectivity index (χ0) is 15.8. The van der Waals surface area contributed by atoms with Crippen LogP contribution in [0.15, 0.2) is 28.7 Å². The zero-order valence-corrected chi connectivity index (χ0v) is 14.9. The normalized spacial score (nSPS) is 13.8. The minimum atomic E-state index is -0.0634. The molecule has 0 aliphatic rings. The predicted octanol–water partition coefficient (Wildman–Crippen LogP) is 4.12. The standard InChI is InChI=1S/C17H27BrN2O/c1-4-8-14(12-19)17(21)20(11-5-2)13(3)15-9-6-7-10-16(15)18/h6-7,9-10,13-14H,4-5,8,11-12,19H2,1-3H3. The molecule has 1 aromatic carbocycles. The minimum Gasteiger partial charge on any atom is -0.336 e. The first-order valence-corrected chi connectivity index (χ1v) is 8.61. The van der Waals surface area contributed by atoms with Crippen molar-refractivity contribution in [3.05, 3.63) is 34.3 Å². The zero-order valence-electron chi connectivity index (χ0n) is 13.3. The Morgan fingerprint density at radius 1 is 1.29 bits per heavy atom. The first-order valence-electron chi connectivity index (χ1n) is 7.81. The van der Waals surface area contributed by atoms with Crippen molar-refractivity contribution in [2.45, 2.75) is 46.1 Å². The van der Waals surface area contributed by atoms with E-state index >= 15 is 0 Å². The number of hydrogen-bond donors (Lipinski definition) is 1. The van der Waals surface area contributed by atoms with Crippen LogP contribution in [0.2, 0.25) is 0 Å². The summed E-state index contributed by atoms with van der Waals surface area (Å²) >= 11 is 3.59. The summed E-state index contributed by atoms with van der Waals surface area (Å²) in [5.41, 5.74) is 6.95. The van der Waals surface area contributed by atoms with Gasteiger partial charge < -0.3 is 10.6 Å². The molecule has 1 aromatic rings. The van der Waals surface area contributed by atoms with E-state index in [1.54, 1.807) is 0 Å². The smallest absolute Gasteiger partial charge is 0.227 e. The molecule has 0 radical (unpaired) electrons. The van der Waals surface area contributed by atoms with Gasteiger partial charge in [-0.25, -0.2) is 0 Å². The van der Waals surface area contributed by atoms with Crippen LogP contribution in [0.3, 0.4) is 0 Å². The molecule has 3 nitrogen and oxygen atoms in total. The lowest BCUT2D eigenvalue weighted by atomic mass is 9.99. The quantitative estimate of drug-likeness (QED) is 0.762. The Balaban J connectivity index is 3.00. The summed E-state index contributed by atoms with van der Waals surface area (Å²) in [5, 5.41) is 0. The lowest BCUT2D eigenvalue weighted by Crippen LogP contribution is -2.41. The fourth-order valence-electron chi connectivity index (χ4n) is 2.64. The number of amides is 1. The third kappa shape index (κ3) is 4.82. The SMILES string of the molecule is CCCC(CN)C(=O)N(CCC)C(C)c1ccccc1Br. The maximum Gasteiger partial charge on any atom is 0.227 e. The molecule has 1 rings (SSSR count). The van der Waals surface area contributed by atoms with Crippen molar-refractivity contribution in [1.29, 1.82) is 0 Å². The third-order valence-electron chi connectivity index (χ3n) is 3.84. The molecule has 0 heterocycles. The number of rotatable bonds is 8. The van der Waals surface area contributed by atoms with Gasteiger partial charge in [-0.2, -0.15) is 0 Å². The van der Waals surface area contributed by atoms with Crippen LogP contribution in [0.25, 0.3) is 0 Å². The van der Waals surface area contributed by atoms with Gasteiger partial charge in [0, 0.05) is 17.6 Å². The van der Waals surface area contributed by atoms with Crippen LogP contribution < -0.4 is 5.73 Å². The molecule has 1 amide bonds. The average molecular weight is 355 g/mol. The van der Waals surface area contributed by atoms with E-state index in [0.717, 1.165) is 35.8 Å². The maximum atomic E-state index is 12.8. The van der Waals surface area contributed by atoms with Gasteiger partial charge in [0.25, 0.3) is 0 Å². The van der Waals surface area contributed by atoms with Gasteiger partial charge in [-0.15, -0.1) is 0 Å². The Labute approximate surface area is 137 Å². The largest absolute Gasteiger partial charge is 0.336 e. The van der Waals surface area contributed by atoms with E-state index in [9.17, 15) is 4.79 Å². The highest BCUT2D eigenvalue weighted by molar-refractivity contribution is 9.10. The van der Waals surface area contributed by atoms with E-state index in [1.807, 2.05) is 23.1 Å². The van der Waals surface area contributed by atoms with Gasteiger partial charge in [0.15, 0.2) is 0 Å². The van der Waals surface area contributed by atoms with Crippen LogP contribution in [0.5, 0.6) is 0 Å². The molecular formula is C17H27BrN2O. The van der Waals surface area contributed by atoms with Crippen molar-refractivity contribution < 1.29 is 4.79 Å². The average Bonchev–Trinajstić information content (AvgIpc) is 2.49. The first-order chi connectivity index (χ1) is 10.1. The van der Waals surface area contributed by atoms with Gasteiger partial charge in [0.1, 0.15) is 0 Å². The molecule has 0 spiro atoms. The van der Waals surface area contributed by atoms with E-state index in [1.165, 1.54) is 0 Å². The van der Waals surface area contributed by atoms with E-state index in [0.29, 0.717) is 6.54 Å². The second kappa shape index (κ2) is 9.21. The Hall–Kier alpha value is -0.870. The molecule has 0 saturated carbocycles. The van der Waals surface area contributed by atoms with Gasteiger partial charge in [-0.05, 0) is 31.4 Å². The second-order valence-corrected chi connectivity index (χ2v) is 6.30. The molecule has 2 atom stereocenters. The molecule has 4 heteroatoms. The fraction of sp³-hybridized carbons (Fsp3) is 0.588. The maximum absolute atomic E-state index is 12.8. The van der Waals surface area contributed by atoms with Crippen molar-refractivity contribution in [1.82, 2.24) is 4.90 Å². The molecule has 0 aromatic heterocycles. The number of benzene rings is 1. The van der Waals surface area contributed by atoms with Crippen molar-refractivity contribution in [2.75, 3.05) is 13.1 Å². The molecule has 2 N–H and O–H groups in total. The number of carbonyl (C=O) groups is 1. The molecule has 2 unspecified atom stereocenters. The predicted molar refractivity (Wildman–Crippen MR) is 92.0 cm³/mol. The number of hydrogen-bond acceptors (Lipinski definition) is 2. The molecular weight excluding hydrogens is 328 g/mol. The van der Waals surface area contributed by atoms with Crippen molar-refractivity contribution in [3.8, 4) is 0 Å². The topological polar surface area (TPSA) is 46.3 Å². The molecule has 0 bridgehead atoms. The number of nitrogens with zero attached hydrogens (tertiary/aromatic N) is 1. The van der Waals surface area contributed by atoms with E-state index in [-0.39, 0.29) is 17.9 Å². The molecule has 0 aliphatic heterocycles. The molecule has 118 valence electrons. The summed E-state index contributed by atoms with van der Waals surface area (Å²) < 4.78 is 1.05. The van der Waals surface area contributed by atoms with E-state index < -0.39 is 0 Å². The lowest BCUT2D eigenvalue weighted by molar-refractivity contribution is -0.137. The first kappa shape index (κ1) is 18.2. The highest BCUT2D eigenvalue weighted by Gasteiger charge is 2.27. The Bertz CT molecular complexity index is 450. The highest BCUT2D eigenvalue weighted by atomic mass is 79.9. The summed E-state index contributed by atoms with van der Waals surface area (Å²) in [4.78, 5) is 14.8. The highest BCUT2D eigenvalue weighted by Crippen LogP contribution is 2.29. The summed E-state index contributed by atoms with van der Waals surface area (Å²) in [6.07, 6.45) is 2.79. The van der Waals surface area contributed by atoms with Gasteiger partial charge in [0.2, 0.25) is 5.91 Å². The second-order valence-electron chi connectivity index (χ2n) is 5.45. The van der Waals surface area contributed by atoms with Gasteiger partial charge in [-0.3, -0.25) is 4.79 Å². The van der Waals surface area contributed by atoms with Gasteiger partial charge >= 0.3 is 0 Å². The summed E-state index contributed by atoms with van der Waals surface area (Å²) in [6.45, 7) is 7.48. The lowest BCUT2D eigenvalue weighted by Gasteiger charge is -2.33. The number of halogens is 1. The monoisotopic (exact) mass is 354 g/mol. The molecule has 0 fully saturated rings. The third-order valence-corrected chi connectivity index (χ3v) is 4.56. The summed E-state index contributed by atoms with van der Waals surface area (Å²) in [5.74, 6) is 0.121. The summed E-state index contributed by atoms with van der Waals surface area (Å²) in [7, 11) is 0. The van der Waals surface area contributed by atoms with Crippen molar-refractivity contribution in [3.63, 3.8) is 0 Å². The number of carbonyl (C=O) groups excluding carboxylic acids is 1.